The minimum atomic E-state index is -1.25. The standard InChI is InChI=1S/C27H41NO7.C27H41NO6S.C27H41NO6.C27H41NO5S/c1-16-9-8-10-17(2)24(31)19(4)25(32)27(5,6)22(29)14-23(30)35-21(12-11-16)18(3)13-20-15-34-26(28-20)33-7;1-16-9-8-10-17(2)24(31)19(4)25(32)27(5,6)22(29)14-23(30)34-21(12-11-16)18(3)13-20-15-35-26(28-20)33-7;1-16-9-8-10-17(2)25(31)19(4)26(32)27(6,7)23(29)14-24(30)34-22(12-11-16)18(3)13-21-15-33-20(5)28-21;1-16-9-8-10-17(2)25(31)19(4)26(32)27(6,7)23(29)14-24(30)33-22(12-11-16)18(3)13-21-15-34-20(5)28-21/h2*8,10-11,13,17,19-22,24,29,31H,9,12,14-15H2,1-7H3;2*8,10-11,13,17,19,21-23,25,29,31H,9,12,14-15H2,1-7H3/b4*10-8+,16-11-,18-13+/t2*17-,19+,20?,21-,22-,24-;2*17-,19+,21?,22-,23-,25-/m0000/s1. The summed E-state index contributed by atoms with van der Waals surface area (Å²) in [6, 6.07) is -0.357. The lowest BCUT2D eigenvalue weighted by Crippen LogP contribution is -2.45. The predicted molar refractivity (Wildman–Crippen MR) is 545 cm³/mol. The fourth-order valence-electron chi connectivity index (χ4n) is 17.1. The van der Waals surface area contributed by atoms with Gasteiger partial charge in [-0.15, -0.1) is 11.8 Å². The zero-order valence-corrected chi connectivity index (χ0v) is 88.8. The van der Waals surface area contributed by atoms with Crippen molar-refractivity contribution in [2.45, 2.75) is 354 Å². The molecule has 0 fully saturated rings. The first-order chi connectivity index (χ1) is 64.4. The van der Waals surface area contributed by atoms with Crippen molar-refractivity contribution >= 4 is 92.8 Å². The van der Waals surface area contributed by atoms with E-state index in [9.17, 15) is 79.2 Å². The third kappa shape index (κ3) is 36.9. The van der Waals surface area contributed by atoms with Crippen molar-refractivity contribution in [1.82, 2.24) is 0 Å². The van der Waals surface area contributed by atoms with Gasteiger partial charge in [-0.3, -0.25) is 43.3 Å². The lowest BCUT2D eigenvalue weighted by atomic mass is 9.73. The molecule has 0 aromatic carbocycles. The lowest BCUT2D eigenvalue weighted by molar-refractivity contribution is -0.155. The molecule has 0 aromatic heterocycles. The van der Waals surface area contributed by atoms with Gasteiger partial charge in [0.05, 0.1) is 128 Å². The summed E-state index contributed by atoms with van der Waals surface area (Å²) >= 11 is 3.26. The maximum Gasteiger partial charge on any atom is 0.383 e. The van der Waals surface area contributed by atoms with Gasteiger partial charge in [-0.1, -0.05) is 242 Å². The number of allylic oxidation sites excluding steroid dienone is 8. The molecule has 28 nitrogen and oxygen atoms in total. The van der Waals surface area contributed by atoms with E-state index in [4.69, 9.17) is 37.9 Å². The van der Waals surface area contributed by atoms with Gasteiger partial charge in [0.15, 0.2) is 5.90 Å². The number of ketones is 4. The highest BCUT2D eigenvalue weighted by Gasteiger charge is 2.47. The van der Waals surface area contributed by atoms with E-state index in [1.54, 1.807) is 121 Å². The smallest absolute Gasteiger partial charge is 0.383 e. The molecule has 8 aliphatic heterocycles. The number of methoxy groups -OCH3 is 2. The number of cyclic esters (lactones) is 4. The van der Waals surface area contributed by atoms with Gasteiger partial charge in [0, 0.05) is 91.5 Å². The first-order valence-corrected chi connectivity index (χ1v) is 50.6. The number of nitrogens with zero attached hydrogens (tertiary/aromatic N) is 4. The zero-order valence-electron chi connectivity index (χ0n) is 87.1. The molecular weight excluding hydrogens is 1800 g/mol. The Morgan fingerprint density at radius 1 is 0.362 bits per heavy atom. The number of hydrogen-bond acceptors (Lipinski definition) is 30. The number of rotatable bonds is 8. The van der Waals surface area contributed by atoms with Crippen LogP contribution in [0.25, 0.3) is 0 Å². The minimum Gasteiger partial charge on any atom is -0.479 e. The summed E-state index contributed by atoms with van der Waals surface area (Å²) in [6.07, 6.45) is 24.8. The number of aliphatic hydroxyl groups is 8. The average molecular weight is 1970 g/mol. The van der Waals surface area contributed by atoms with E-state index in [0.29, 0.717) is 75.7 Å². The Kier molecular flexibility index (Phi) is 48.7. The van der Waals surface area contributed by atoms with Crippen LogP contribution in [0.15, 0.2) is 162 Å². The number of Topliss-reactive ketones (excluding diaryl/α,β-unsaturated/α-hetero) is 4. The molecule has 4 unspecified atom stereocenters. The van der Waals surface area contributed by atoms with Crippen LogP contribution in [0.4, 0.5) is 0 Å². The summed E-state index contributed by atoms with van der Waals surface area (Å²) in [7, 11) is 3.08. The number of thioether (sulfide) groups is 2. The molecule has 0 radical (unpaired) electrons. The molecule has 0 bridgehead atoms. The third-order valence-electron chi connectivity index (χ3n) is 27.6. The Labute approximate surface area is 829 Å². The van der Waals surface area contributed by atoms with E-state index in [-0.39, 0.29) is 103 Å². The summed E-state index contributed by atoms with van der Waals surface area (Å²) in [5.74, 6) is -4.86. The highest BCUT2D eigenvalue weighted by Crippen LogP contribution is 2.39. The van der Waals surface area contributed by atoms with Gasteiger partial charge in [0.25, 0.3) is 0 Å². The molecule has 772 valence electrons. The van der Waals surface area contributed by atoms with Crippen molar-refractivity contribution in [1.29, 1.82) is 0 Å². The Hall–Kier alpha value is -8.30. The fourth-order valence-corrected chi connectivity index (χ4v) is 18.7. The normalized spacial score (nSPS) is 36.4. The maximum absolute atomic E-state index is 13.2. The van der Waals surface area contributed by atoms with E-state index < -0.39 is 142 Å². The SMILES string of the molecule is CC1=NC(/C=C(\C)[C@@H]2C/C=C(/C)C/C=C/[C@H](C)[C@H](O)[C@@H](C)C(=O)C(C)(C)[C@@H](O)CC(=O)O2)CO1.CC1=NC(/C=C(\C)[C@@H]2C/C=C(/C)C/C=C/[C@H](C)[C@H](O)[C@@H](C)C(=O)C(C)(C)[C@@H](O)CC(=O)O2)CS1.COC1=NC(/C=C(\C)[C@@H]2C/C=C(/C)C/C=C/[C@H](C)[C@H](O)[C@@H](C)C(=O)C(C)(C)[C@@H](O)CC(=O)O2)CO1.COC1=NC(/C=C(\C)[C@@H]2C/C=C(/C)C/C=C/[C@H](C)[C@H](O)[C@@H](C)C(=O)C(C)(C)[C@@H](O)CC(=O)O2)CS1. The van der Waals surface area contributed by atoms with Crippen LogP contribution >= 0.6 is 23.5 Å². The van der Waals surface area contributed by atoms with Gasteiger partial charge in [0.1, 0.15) is 72.8 Å². The molecule has 24 atom stereocenters. The van der Waals surface area contributed by atoms with Crippen molar-refractivity contribution in [2.24, 2.45) is 89.0 Å². The third-order valence-corrected chi connectivity index (χ3v) is 29.7. The molecule has 30 heteroatoms. The predicted octanol–water partition coefficient (Wildman–Crippen LogP) is 16.4. The van der Waals surface area contributed by atoms with Crippen molar-refractivity contribution < 1.29 is 117 Å². The van der Waals surface area contributed by atoms with Crippen LogP contribution in [0.5, 0.6) is 0 Å². The molecule has 0 aromatic rings. The molecule has 8 heterocycles. The molecule has 0 aliphatic carbocycles. The van der Waals surface area contributed by atoms with Gasteiger partial charge in [-0.2, -0.15) is 0 Å². The first kappa shape index (κ1) is 120. The van der Waals surface area contributed by atoms with Crippen molar-refractivity contribution in [2.75, 3.05) is 38.9 Å². The van der Waals surface area contributed by atoms with E-state index in [2.05, 4.69) is 32.1 Å². The second-order valence-electron chi connectivity index (χ2n) is 41.0. The maximum atomic E-state index is 13.2. The van der Waals surface area contributed by atoms with Crippen LogP contribution in [0, 0.1) is 69.0 Å². The van der Waals surface area contributed by atoms with E-state index >= 15 is 0 Å². The number of ether oxygens (including phenoxy) is 8. The molecule has 0 saturated carbocycles. The number of carbonyl (C=O) groups is 8. The van der Waals surface area contributed by atoms with E-state index in [1.807, 2.05) is 175 Å². The Bertz CT molecular complexity index is 4380. The van der Waals surface area contributed by atoms with Crippen molar-refractivity contribution in [3.8, 4) is 0 Å². The number of aliphatic imine (C=N–C) groups is 4. The van der Waals surface area contributed by atoms with Gasteiger partial charge < -0.3 is 78.7 Å². The van der Waals surface area contributed by atoms with E-state index in [1.165, 1.54) is 7.11 Å². The molecule has 0 amide bonds. The summed E-state index contributed by atoms with van der Waals surface area (Å²) in [5.41, 5.74) is 3.00. The van der Waals surface area contributed by atoms with Gasteiger partial charge in [-0.05, 0) is 110 Å². The average Bonchev–Trinajstić information content (AvgIpc) is 0.926. The molecule has 0 saturated heterocycles. The number of aliphatic hydroxyl groups excluding tert-OH is 8. The first-order valence-electron chi connectivity index (χ1n) is 48.6. The summed E-state index contributed by atoms with van der Waals surface area (Å²) in [5, 5.41) is 87.8. The Balaban J connectivity index is 0.000000325. The molecule has 8 N–H and O–H groups in total. The van der Waals surface area contributed by atoms with Crippen LogP contribution < -0.4 is 0 Å². The number of carbonyl (C=O) groups excluding carboxylic acids is 8. The second kappa shape index (κ2) is 55.9. The van der Waals surface area contributed by atoms with Crippen molar-refractivity contribution in [3.63, 3.8) is 0 Å². The summed E-state index contributed by atoms with van der Waals surface area (Å²) in [4.78, 5) is 122. The molecular formula is C108H164N4O24S2. The largest absolute Gasteiger partial charge is 0.479 e. The quantitative estimate of drug-likeness (QED) is 0.0635. The Morgan fingerprint density at radius 3 is 0.862 bits per heavy atom. The highest BCUT2D eigenvalue weighted by molar-refractivity contribution is 8.14. The monoisotopic (exact) mass is 1970 g/mol. The number of hydrogen-bond donors (Lipinski definition) is 8. The summed E-state index contributed by atoms with van der Waals surface area (Å²) < 4.78 is 44.2. The summed E-state index contributed by atoms with van der Waals surface area (Å²) in [6.45, 7) is 47.3. The zero-order chi connectivity index (χ0) is 104. The second-order valence-corrected chi connectivity index (χ2v) is 43.2. The fraction of sp³-hybridized carbons (Fsp3) is 0.667. The molecule has 138 heavy (non-hydrogen) atoms. The highest BCUT2D eigenvalue weighted by atomic mass is 32.2. The number of esters is 4. The van der Waals surface area contributed by atoms with Crippen LogP contribution in [-0.2, 0) is 76.3 Å². The van der Waals surface area contributed by atoms with Crippen LogP contribution in [0.2, 0.25) is 0 Å². The van der Waals surface area contributed by atoms with Crippen LogP contribution in [0.3, 0.4) is 0 Å². The van der Waals surface area contributed by atoms with Gasteiger partial charge in [0.2, 0.25) is 5.23 Å². The minimum absolute atomic E-state index is 0.0569. The van der Waals surface area contributed by atoms with Gasteiger partial charge in [-0.25, -0.2) is 15.0 Å². The molecule has 0 spiro atoms. The topological polar surface area (TPSA) is 422 Å². The molecule has 8 aliphatic rings. The van der Waals surface area contributed by atoms with Crippen LogP contribution in [0.1, 0.15) is 257 Å². The lowest BCUT2D eigenvalue weighted by Gasteiger charge is -2.34. The molecule has 8 rings (SSSR count). The Morgan fingerprint density at radius 2 is 0.623 bits per heavy atom. The van der Waals surface area contributed by atoms with E-state index in [0.717, 1.165) is 61.1 Å². The van der Waals surface area contributed by atoms with Crippen LogP contribution in [-0.4, -0.2) is 246 Å². The van der Waals surface area contributed by atoms with Gasteiger partial charge >= 0.3 is 30.0 Å². The van der Waals surface area contributed by atoms with Crippen molar-refractivity contribution in [3.05, 3.63) is 142 Å².